The molecule has 11 heteroatoms. The molecule has 2 heterocycles. The first-order valence-electron chi connectivity index (χ1n) is 8.11. The third kappa shape index (κ3) is 4.05. The Kier molecular flexibility index (Phi) is 6.72. The van der Waals surface area contributed by atoms with Gasteiger partial charge >= 0.3 is 18.0 Å². The van der Waals surface area contributed by atoms with Crippen LogP contribution in [0.2, 0.25) is 0 Å². The van der Waals surface area contributed by atoms with Gasteiger partial charge in [-0.2, -0.15) is 0 Å². The second-order valence-corrected chi connectivity index (χ2v) is 7.43. The molecule has 3 N–H and O–H groups in total. The summed E-state index contributed by atoms with van der Waals surface area (Å²) in [5, 5.41) is 22.0. The third-order valence-electron chi connectivity index (χ3n) is 4.16. The maximum atomic E-state index is 12.4. The van der Waals surface area contributed by atoms with Gasteiger partial charge in [0.2, 0.25) is 4.93 Å². The molecule has 26 heavy (non-hydrogen) atoms. The van der Waals surface area contributed by atoms with Crippen LogP contribution in [0.4, 0.5) is 4.79 Å². The van der Waals surface area contributed by atoms with Crippen LogP contribution < -0.4 is 5.32 Å². The van der Waals surface area contributed by atoms with E-state index in [-0.39, 0.29) is 6.42 Å². The van der Waals surface area contributed by atoms with E-state index in [1.807, 2.05) is 6.92 Å². The van der Waals surface area contributed by atoms with Gasteiger partial charge in [0.05, 0.1) is 19.8 Å². The van der Waals surface area contributed by atoms with Crippen molar-refractivity contribution in [2.75, 3.05) is 19.5 Å². The SMILES string of the molecule is CCS[C@@]1(C(=O)OC)C[C@@H]2OC(=O)N[C@H]2[C@H]([C@H](OC(C)=O)[C@H](O)CO)O1. The van der Waals surface area contributed by atoms with Crippen LogP contribution in [0.1, 0.15) is 20.3 Å². The van der Waals surface area contributed by atoms with E-state index in [2.05, 4.69) is 5.32 Å². The Morgan fingerprint density at radius 2 is 2.19 bits per heavy atom. The number of esters is 2. The summed E-state index contributed by atoms with van der Waals surface area (Å²) in [6.45, 7) is 2.23. The van der Waals surface area contributed by atoms with E-state index in [1.165, 1.54) is 7.11 Å². The Hall–Kier alpha value is -1.56. The molecule has 0 unspecified atom stereocenters. The number of carbonyl (C=O) groups excluding carboxylic acids is 3. The molecule has 1 amide bonds. The van der Waals surface area contributed by atoms with Crippen LogP contribution in [-0.2, 0) is 28.5 Å². The highest BCUT2D eigenvalue weighted by atomic mass is 32.2. The molecule has 2 rings (SSSR count). The van der Waals surface area contributed by atoms with Crippen LogP contribution >= 0.6 is 11.8 Å². The van der Waals surface area contributed by atoms with E-state index in [1.54, 1.807) is 0 Å². The second-order valence-electron chi connectivity index (χ2n) is 5.90. The lowest BCUT2D eigenvalue weighted by atomic mass is 9.90. The van der Waals surface area contributed by atoms with Gasteiger partial charge in [-0.05, 0) is 5.75 Å². The summed E-state index contributed by atoms with van der Waals surface area (Å²) in [6.07, 6.45) is -5.39. The predicted octanol–water partition coefficient (Wildman–Crippen LogP) is -0.840. The van der Waals surface area contributed by atoms with Crippen LogP contribution in [0.3, 0.4) is 0 Å². The molecular formula is C15H23NO9S. The predicted molar refractivity (Wildman–Crippen MR) is 88.2 cm³/mol. The quantitative estimate of drug-likeness (QED) is 0.370. The van der Waals surface area contributed by atoms with Crippen LogP contribution in [-0.4, -0.2) is 83.1 Å². The molecule has 10 nitrogen and oxygen atoms in total. The lowest BCUT2D eigenvalue weighted by Gasteiger charge is -2.45. The highest BCUT2D eigenvalue weighted by molar-refractivity contribution is 8.01. The molecule has 0 aromatic rings. The topological polar surface area (TPSA) is 141 Å². The zero-order valence-electron chi connectivity index (χ0n) is 14.7. The summed E-state index contributed by atoms with van der Waals surface area (Å²) in [7, 11) is 1.20. The average Bonchev–Trinajstić information content (AvgIpc) is 2.97. The van der Waals surface area contributed by atoms with Crippen molar-refractivity contribution in [3.05, 3.63) is 0 Å². The Balaban J connectivity index is 2.43. The fraction of sp³-hybridized carbons (Fsp3) is 0.800. The van der Waals surface area contributed by atoms with Crippen molar-refractivity contribution < 1.29 is 43.5 Å². The van der Waals surface area contributed by atoms with E-state index in [0.717, 1.165) is 18.7 Å². The number of aliphatic hydroxyl groups is 2. The van der Waals surface area contributed by atoms with Crippen molar-refractivity contribution in [1.82, 2.24) is 5.32 Å². The fourth-order valence-corrected chi connectivity index (χ4v) is 4.27. The molecule has 6 atom stereocenters. The van der Waals surface area contributed by atoms with Crippen LogP contribution in [0.25, 0.3) is 0 Å². The van der Waals surface area contributed by atoms with E-state index in [0.29, 0.717) is 5.75 Å². The first-order chi connectivity index (χ1) is 12.3. The minimum atomic E-state index is -1.50. The number of nitrogens with one attached hydrogen (secondary N) is 1. The van der Waals surface area contributed by atoms with Crippen molar-refractivity contribution >= 4 is 29.8 Å². The number of rotatable bonds is 7. The molecule has 0 aromatic carbocycles. The van der Waals surface area contributed by atoms with Gasteiger partial charge in [0.25, 0.3) is 0 Å². The minimum Gasteiger partial charge on any atom is -0.466 e. The Morgan fingerprint density at radius 1 is 1.50 bits per heavy atom. The number of alkyl carbamates (subject to hydrolysis) is 1. The Labute approximate surface area is 154 Å². The number of amides is 1. The molecule has 0 bridgehead atoms. The molecule has 2 fully saturated rings. The summed E-state index contributed by atoms with van der Waals surface area (Å²) in [5.41, 5.74) is 0. The second kappa shape index (κ2) is 8.42. The molecule has 148 valence electrons. The van der Waals surface area contributed by atoms with Crippen molar-refractivity contribution in [3.63, 3.8) is 0 Å². The molecule has 0 aliphatic carbocycles. The van der Waals surface area contributed by atoms with Gasteiger partial charge in [0.15, 0.2) is 6.10 Å². The Bertz CT molecular complexity index is 559. The first-order valence-corrected chi connectivity index (χ1v) is 9.10. The monoisotopic (exact) mass is 393 g/mol. The normalized spacial score (nSPS) is 32.7. The number of ether oxygens (including phenoxy) is 4. The van der Waals surface area contributed by atoms with Gasteiger partial charge in [-0.1, -0.05) is 6.92 Å². The van der Waals surface area contributed by atoms with Crippen LogP contribution in [0, 0.1) is 0 Å². The standard InChI is InChI=1S/C15H23NO9S/c1-4-26-15(13(20)22-3)5-9-10(16-14(21)24-9)12(25-15)11(8(19)6-17)23-7(2)18/h8-12,17,19H,4-6H2,1-3H3,(H,16,21)/t8-,9+,10-,11-,12-,15-/m1/s1. The van der Waals surface area contributed by atoms with Gasteiger partial charge in [0.1, 0.15) is 18.3 Å². The summed E-state index contributed by atoms with van der Waals surface area (Å²) >= 11 is 1.14. The molecule has 2 aliphatic heterocycles. The molecule has 2 saturated heterocycles. The number of hydrogen-bond donors (Lipinski definition) is 3. The number of thioether (sulfide) groups is 1. The zero-order valence-corrected chi connectivity index (χ0v) is 15.5. The summed E-state index contributed by atoms with van der Waals surface area (Å²) in [4.78, 5) is 34.1. The number of carbonyl (C=O) groups is 3. The zero-order chi connectivity index (χ0) is 19.5. The number of hydrogen-bond acceptors (Lipinski definition) is 10. The van der Waals surface area contributed by atoms with Crippen molar-refractivity contribution in [2.24, 2.45) is 0 Å². The highest BCUT2D eigenvalue weighted by Gasteiger charge is 2.59. The highest BCUT2D eigenvalue weighted by Crippen LogP contribution is 2.43. The third-order valence-corrected chi connectivity index (χ3v) is 5.34. The van der Waals surface area contributed by atoms with E-state index in [9.17, 15) is 24.6 Å². The van der Waals surface area contributed by atoms with Gasteiger partial charge in [0, 0.05) is 13.3 Å². The van der Waals surface area contributed by atoms with E-state index in [4.69, 9.17) is 18.9 Å². The molecular weight excluding hydrogens is 370 g/mol. The van der Waals surface area contributed by atoms with Gasteiger partial charge in [-0.3, -0.25) is 4.79 Å². The van der Waals surface area contributed by atoms with Crippen molar-refractivity contribution in [2.45, 2.75) is 55.7 Å². The number of methoxy groups -OCH3 is 1. The van der Waals surface area contributed by atoms with Gasteiger partial charge in [-0.25, -0.2) is 9.59 Å². The average molecular weight is 393 g/mol. The number of fused-ring (bicyclic) bond motifs is 1. The lowest BCUT2D eigenvalue weighted by Crippen LogP contribution is -2.64. The number of aliphatic hydroxyl groups excluding tert-OH is 2. The van der Waals surface area contributed by atoms with Crippen molar-refractivity contribution in [1.29, 1.82) is 0 Å². The minimum absolute atomic E-state index is 0.0279. The summed E-state index contributed by atoms with van der Waals surface area (Å²) < 4.78 is 21.2. The molecule has 0 spiro atoms. The molecule has 0 aromatic heterocycles. The van der Waals surface area contributed by atoms with Crippen LogP contribution in [0.15, 0.2) is 0 Å². The smallest absolute Gasteiger partial charge is 0.407 e. The van der Waals surface area contributed by atoms with Gasteiger partial charge < -0.3 is 34.5 Å². The maximum absolute atomic E-state index is 12.4. The molecule has 2 aliphatic rings. The lowest BCUT2D eigenvalue weighted by molar-refractivity contribution is -0.208. The summed E-state index contributed by atoms with van der Waals surface area (Å²) in [6, 6.07) is -0.775. The molecule has 0 radical (unpaired) electrons. The maximum Gasteiger partial charge on any atom is 0.407 e. The van der Waals surface area contributed by atoms with Crippen molar-refractivity contribution in [3.8, 4) is 0 Å². The summed E-state index contributed by atoms with van der Waals surface area (Å²) in [5.74, 6) is -0.914. The van der Waals surface area contributed by atoms with E-state index < -0.39 is 60.0 Å². The largest absolute Gasteiger partial charge is 0.466 e. The molecule has 0 saturated carbocycles. The fourth-order valence-electron chi connectivity index (χ4n) is 3.15. The Morgan fingerprint density at radius 3 is 2.73 bits per heavy atom. The van der Waals surface area contributed by atoms with Gasteiger partial charge in [-0.15, -0.1) is 11.8 Å². The first kappa shape index (κ1) is 20.7. The van der Waals surface area contributed by atoms with E-state index >= 15 is 0 Å². The van der Waals surface area contributed by atoms with Crippen LogP contribution in [0.5, 0.6) is 0 Å².